The Labute approximate surface area is 171 Å². The molecule has 0 saturated heterocycles. The van der Waals surface area contributed by atoms with Crippen LogP contribution in [-0.2, 0) is 0 Å². The Kier molecular flexibility index (Phi) is 23.3. The van der Waals surface area contributed by atoms with Gasteiger partial charge in [0.25, 0.3) is 0 Å². The summed E-state index contributed by atoms with van der Waals surface area (Å²) in [6, 6.07) is 0.294. The molecule has 0 aliphatic heterocycles. The van der Waals surface area contributed by atoms with Gasteiger partial charge < -0.3 is 16.8 Å². The molecule has 3 heteroatoms. The predicted molar refractivity (Wildman–Crippen MR) is 123 cm³/mol. The number of unbranched alkanes of at least 4 members (excludes halogenated alkanes) is 12. The van der Waals surface area contributed by atoms with Crippen molar-refractivity contribution in [1.82, 2.24) is 5.32 Å². The normalized spacial score (nSPS) is 12.9. The van der Waals surface area contributed by atoms with E-state index >= 15 is 0 Å². The third-order valence-electron chi connectivity index (χ3n) is 5.33. The van der Waals surface area contributed by atoms with E-state index in [1.807, 2.05) is 0 Å². The summed E-state index contributed by atoms with van der Waals surface area (Å²) in [7, 11) is 0. The van der Waals surface area contributed by atoms with Gasteiger partial charge in [-0.05, 0) is 71.0 Å². The molecule has 0 aliphatic rings. The summed E-state index contributed by atoms with van der Waals surface area (Å²) in [6.07, 6.45) is 27.3. The maximum Gasteiger partial charge on any atom is 0.00513 e. The van der Waals surface area contributed by atoms with Gasteiger partial charge in [-0.25, -0.2) is 0 Å². The van der Waals surface area contributed by atoms with E-state index in [9.17, 15) is 0 Å². The number of allylic oxidation sites excluding steroid dienone is 2. The number of hydrogen-bond donors (Lipinski definition) is 3. The first-order chi connectivity index (χ1) is 13.3. The molecule has 3 nitrogen and oxygen atoms in total. The first-order valence-corrected chi connectivity index (χ1v) is 12.1. The lowest BCUT2D eigenvalue weighted by Crippen LogP contribution is -2.25. The van der Waals surface area contributed by atoms with Crippen LogP contribution in [0, 0.1) is 0 Å². The molecule has 0 aliphatic carbocycles. The second kappa shape index (κ2) is 23.7. The Morgan fingerprint density at radius 1 is 0.667 bits per heavy atom. The molecule has 0 aromatic heterocycles. The minimum atomic E-state index is 0.294. The highest BCUT2D eigenvalue weighted by molar-refractivity contribution is 4.81. The third kappa shape index (κ3) is 23.6. The molecule has 0 spiro atoms. The van der Waals surface area contributed by atoms with Gasteiger partial charge in [-0.3, -0.25) is 0 Å². The third-order valence-corrected chi connectivity index (χ3v) is 5.33. The summed E-state index contributed by atoms with van der Waals surface area (Å²) in [6.45, 7) is 5.26. The highest BCUT2D eigenvalue weighted by Gasteiger charge is 1.99. The van der Waals surface area contributed by atoms with Crippen LogP contribution in [-0.4, -0.2) is 25.7 Å². The van der Waals surface area contributed by atoms with E-state index in [0.29, 0.717) is 12.6 Å². The van der Waals surface area contributed by atoms with Crippen molar-refractivity contribution in [1.29, 1.82) is 0 Å². The molecule has 0 radical (unpaired) electrons. The zero-order chi connectivity index (χ0) is 19.8. The van der Waals surface area contributed by atoms with Crippen molar-refractivity contribution in [3.05, 3.63) is 12.2 Å². The highest BCUT2D eigenvalue weighted by atomic mass is 14.8. The quantitative estimate of drug-likeness (QED) is 0.157. The first-order valence-electron chi connectivity index (χ1n) is 12.1. The van der Waals surface area contributed by atoms with Crippen molar-refractivity contribution in [2.45, 2.75) is 122 Å². The maximum absolute atomic E-state index is 5.95. The zero-order valence-electron chi connectivity index (χ0n) is 18.5. The minimum Gasteiger partial charge on any atom is -0.330 e. The molecular formula is C24H51N3. The fraction of sp³-hybridized carbons (Fsp3) is 0.917. The molecule has 0 bridgehead atoms. The lowest BCUT2D eigenvalue weighted by atomic mass is 10.1. The molecule has 0 fully saturated rings. The van der Waals surface area contributed by atoms with Crippen molar-refractivity contribution in [2.75, 3.05) is 19.6 Å². The van der Waals surface area contributed by atoms with Gasteiger partial charge >= 0.3 is 0 Å². The Hall–Kier alpha value is -0.380. The molecule has 0 saturated carbocycles. The Balaban J connectivity index is 3.09. The van der Waals surface area contributed by atoms with E-state index in [1.165, 1.54) is 96.3 Å². The van der Waals surface area contributed by atoms with Gasteiger partial charge in [0.05, 0.1) is 0 Å². The van der Waals surface area contributed by atoms with Crippen molar-refractivity contribution < 1.29 is 0 Å². The van der Waals surface area contributed by atoms with Crippen LogP contribution < -0.4 is 16.8 Å². The van der Waals surface area contributed by atoms with Crippen LogP contribution in [0.3, 0.4) is 0 Å². The van der Waals surface area contributed by atoms with E-state index in [4.69, 9.17) is 11.5 Å². The largest absolute Gasteiger partial charge is 0.330 e. The number of nitrogens with two attached hydrogens (primary N) is 2. The van der Waals surface area contributed by atoms with Crippen molar-refractivity contribution in [3.63, 3.8) is 0 Å². The molecular weight excluding hydrogens is 330 g/mol. The van der Waals surface area contributed by atoms with E-state index in [2.05, 4.69) is 24.4 Å². The molecule has 0 heterocycles. The number of rotatable bonds is 22. The second-order valence-electron chi connectivity index (χ2n) is 8.17. The van der Waals surface area contributed by atoms with E-state index in [1.54, 1.807) is 0 Å². The summed E-state index contributed by atoms with van der Waals surface area (Å²) in [5, 5.41) is 3.54. The van der Waals surface area contributed by atoms with E-state index in [-0.39, 0.29) is 0 Å². The Morgan fingerprint density at radius 2 is 1.19 bits per heavy atom. The van der Waals surface area contributed by atoms with Gasteiger partial charge in [0.1, 0.15) is 0 Å². The van der Waals surface area contributed by atoms with Crippen LogP contribution in [0.15, 0.2) is 12.2 Å². The molecule has 162 valence electrons. The van der Waals surface area contributed by atoms with Crippen molar-refractivity contribution >= 4 is 0 Å². The van der Waals surface area contributed by atoms with Gasteiger partial charge in [-0.1, -0.05) is 76.9 Å². The standard InChI is InChI=1S/C24H51N3/c1-2-3-4-5-6-7-8-9-10-11-12-13-14-15-16-17-22-27-23-18-19-24(26)20-21-25/h9-10,24,27H,2-8,11-23,25-26H2,1H3/b10-9-. The van der Waals surface area contributed by atoms with Crippen molar-refractivity contribution in [2.24, 2.45) is 11.5 Å². The lowest BCUT2D eigenvalue weighted by Gasteiger charge is -2.10. The van der Waals surface area contributed by atoms with Crippen LogP contribution in [0.25, 0.3) is 0 Å². The van der Waals surface area contributed by atoms with Gasteiger partial charge in [0.2, 0.25) is 0 Å². The molecule has 0 amide bonds. The summed E-state index contributed by atoms with van der Waals surface area (Å²) >= 11 is 0. The number of hydrogen-bond acceptors (Lipinski definition) is 3. The molecule has 1 atom stereocenters. The van der Waals surface area contributed by atoms with Crippen LogP contribution in [0.4, 0.5) is 0 Å². The first kappa shape index (κ1) is 26.6. The second-order valence-corrected chi connectivity index (χ2v) is 8.17. The SMILES string of the molecule is CCCCCCCC/C=C\CCCCCCCCNCCCC(N)CCN. The summed E-state index contributed by atoms with van der Waals surface area (Å²) in [5.41, 5.74) is 11.5. The lowest BCUT2D eigenvalue weighted by molar-refractivity contribution is 0.516. The van der Waals surface area contributed by atoms with Crippen LogP contribution in [0.1, 0.15) is 116 Å². The minimum absolute atomic E-state index is 0.294. The maximum atomic E-state index is 5.95. The molecule has 0 rings (SSSR count). The average Bonchev–Trinajstić information content (AvgIpc) is 2.66. The van der Waals surface area contributed by atoms with Gasteiger partial charge in [-0.2, -0.15) is 0 Å². The van der Waals surface area contributed by atoms with Gasteiger partial charge in [0, 0.05) is 6.04 Å². The predicted octanol–water partition coefficient (Wildman–Crippen LogP) is 6.07. The van der Waals surface area contributed by atoms with Crippen LogP contribution in [0.5, 0.6) is 0 Å². The number of nitrogens with one attached hydrogen (secondary N) is 1. The molecule has 0 aromatic carbocycles. The van der Waals surface area contributed by atoms with E-state index in [0.717, 1.165) is 25.9 Å². The summed E-state index contributed by atoms with van der Waals surface area (Å²) in [4.78, 5) is 0. The van der Waals surface area contributed by atoms with E-state index < -0.39 is 0 Å². The summed E-state index contributed by atoms with van der Waals surface area (Å²) < 4.78 is 0. The topological polar surface area (TPSA) is 64.1 Å². The fourth-order valence-corrected chi connectivity index (χ4v) is 3.47. The molecule has 1 unspecified atom stereocenters. The smallest absolute Gasteiger partial charge is 0.00513 e. The van der Waals surface area contributed by atoms with Gasteiger partial charge in [0.15, 0.2) is 0 Å². The Morgan fingerprint density at radius 3 is 1.78 bits per heavy atom. The van der Waals surface area contributed by atoms with Crippen LogP contribution in [0.2, 0.25) is 0 Å². The molecule has 0 aromatic rings. The van der Waals surface area contributed by atoms with Crippen LogP contribution >= 0.6 is 0 Å². The summed E-state index contributed by atoms with van der Waals surface area (Å²) in [5.74, 6) is 0. The zero-order valence-corrected chi connectivity index (χ0v) is 18.5. The Bertz CT molecular complexity index is 291. The molecule has 27 heavy (non-hydrogen) atoms. The molecule has 5 N–H and O–H groups in total. The van der Waals surface area contributed by atoms with Gasteiger partial charge in [-0.15, -0.1) is 0 Å². The average molecular weight is 382 g/mol. The van der Waals surface area contributed by atoms with Crippen molar-refractivity contribution in [3.8, 4) is 0 Å². The highest BCUT2D eigenvalue weighted by Crippen LogP contribution is 2.09. The fourth-order valence-electron chi connectivity index (χ4n) is 3.47. The monoisotopic (exact) mass is 381 g/mol.